The van der Waals surface area contributed by atoms with Crippen molar-refractivity contribution < 1.29 is 19.2 Å². The lowest BCUT2D eigenvalue weighted by Crippen LogP contribution is -2.11. The van der Waals surface area contributed by atoms with E-state index in [-0.39, 0.29) is 11.1 Å². The van der Waals surface area contributed by atoms with Gasteiger partial charge in [-0.25, -0.2) is 4.79 Å². The number of benzene rings is 1. The Hall–Kier alpha value is -2.01. The van der Waals surface area contributed by atoms with Crippen LogP contribution >= 0.6 is 11.6 Å². The van der Waals surface area contributed by atoms with Crippen LogP contribution in [0, 0.1) is 0 Å². The van der Waals surface area contributed by atoms with E-state index < -0.39 is 5.97 Å². The summed E-state index contributed by atoms with van der Waals surface area (Å²) in [4.78, 5) is 10.9. The van der Waals surface area contributed by atoms with Crippen LogP contribution in [0.2, 0.25) is 5.02 Å². The highest BCUT2D eigenvalue weighted by molar-refractivity contribution is 6.32. The average Bonchev–Trinajstić information content (AvgIpc) is 2.86. The monoisotopic (exact) mass is 309 g/mol. The van der Waals surface area contributed by atoms with Crippen molar-refractivity contribution in [2.45, 2.75) is 26.2 Å². The summed E-state index contributed by atoms with van der Waals surface area (Å²) in [6.07, 6.45) is 0. The minimum absolute atomic E-state index is 0.125. The molecule has 0 saturated carbocycles. The molecule has 0 saturated heterocycles. The zero-order valence-electron chi connectivity index (χ0n) is 12.2. The van der Waals surface area contributed by atoms with Gasteiger partial charge in [0.05, 0.1) is 17.7 Å². The smallest absolute Gasteiger partial charge is 0.358 e. The number of ether oxygens (including phenoxy) is 1. The van der Waals surface area contributed by atoms with E-state index >= 15 is 0 Å². The van der Waals surface area contributed by atoms with Gasteiger partial charge < -0.3 is 14.4 Å². The van der Waals surface area contributed by atoms with Crippen LogP contribution in [0.25, 0.3) is 11.3 Å². The number of hydrogen-bond donors (Lipinski definition) is 1. The molecule has 0 unspecified atom stereocenters. The fourth-order valence-corrected chi connectivity index (χ4v) is 2.22. The summed E-state index contributed by atoms with van der Waals surface area (Å²) in [5, 5.41) is 12.9. The lowest BCUT2D eigenvalue weighted by molar-refractivity contribution is 0.0686. The van der Waals surface area contributed by atoms with E-state index in [1.54, 1.807) is 0 Å². The van der Waals surface area contributed by atoms with E-state index in [2.05, 4.69) is 25.9 Å². The number of carbonyl (C=O) groups is 1. The second-order valence-corrected chi connectivity index (χ2v) is 6.08. The van der Waals surface area contributed by atoms with E-state index in [4.69, 9.17) is 26.0 Å². The van der Waals surface area contributed by atoms with Gasteiger partial charge in [-0.2, -0.15) is 0 Å². The normalized spacial score (nSPS) is 11.5. The summed E-state index contributed by atoms with van der Waals surface area (Å²) >= 11 is 6.26. The zero-order valence-corrected chi connectivity index (χ0v) is 13.0. The number of rotatable bonds is 3. The number of methoxy groups -OCH3 is 1. The standard InChI is InChI=1S/C15H16ClNO4/c1-15(2,3)8-5-9(13(20-4)10(16)6-8)12-7-11(14(18)19)17-21-12/h5-7H,1-4H3,(H,18,19). The predicted molar refractivity (Wildman–Crippen MR) is 79.2 cm³/mol. The molecule has 6 heteroatoms. The molecule has 0 atom stereocenters. The van der Waals surface area contributed by atoms with E-state index in [9.17, 15) is 4.79 Å². The summed E-state index contributed by atoms with van der Waals surface area (Å²) in [6.45, 7) is 6.16. The quantitative estimate of drug-likeness (QED) is 0.927. The molecule has 2 aromatic rings. The van der Waals surface area contributed by atoms with Gasteiger partial charge in [0.1, 0.15) is 5.75 Å². The minimum Gasteiger partial charge on any atom is -0.494 e. The van der Waals surface area contributed by atoms with E-state index in [1.165, 1.54) is 13.2 Å². The fraction of sp³-hybridized carbons (Fsp3) is 0.333. The minimum atomic E-state index is -1.15. The molecule has 0 bridgehead atoms. The average molecular weight is 310 g/mol. The highest BCUT2D eigenvalue weighted by Crippen LogP contribution is 2.40. The largest absolute Gasteiger partial charge is 0.494 e. The van der Waals surface area contributed by atoms with Crippen LogP contribution in [-0.2, 0) is 5.41 Å². The van der Waals surface area contributed by atoms with Crippen molar-refractivity contribution in [2.75, 3.05) is 7.11 Å². The van der Waals surface area contributed by atoms with Crippen molar-refractivity contribution in [3.05, 3.63) is 34.5 Å². The van der Waals surface area contributed by atoms with Gasteiger partial charge in [-0.1, -0.05) is 37.5 Å². The Labute approximate surface area is 127 Å². The first-order valence-corrected chi connectivity index (χ1v) is 6.70. The van der Waals surface area contributed by atoms with Gasteiger partial charge in [0.15, 0.2) is 11.5 Å². The summed E-state index contributed by atoms with van der Waals surface area (Å²) in [5.41, 5.74) is 1.27. The van der Waals surface area contributed by atoms with Crippen LogP contribution in [0.4, 0.5) is 0 Å². The number of halogens is 1. The highest BCUT2D eigenvalue weighted by Gasteiger charge is 2.22. The van der Waals surface area contributed by atoms with E-state index in [0.717, 1.165) is 5.56 Å². The number of hydrogen-bond acceptors (Lipinski definition) is 4. The van der Waals surface area contributed by atoms with Gasteiger partial charge in [0.2, 0.25) is 0 Å². The van der Waals surface area contributed by atoms with Crippen molar-refractivity contribution in [3.8, 4) is 17.1 Å². The predicted octanol–water partition coefficient (Wildman–Crippen LogP) is 4.00. The molecule has 2 rings (SSSR count). The van der Waals surface area contributed by atoms with E-state index in [1.807, 2.05) is 12.1 Å². The molecule has 0 fully saturated rings. The highest BCUT2D eigenvalue weighted by atomic mass is 35.5. The number of aromatic carboxylic acids is 1. The molecule has 0 aliphatic carbocycles. The maximum atomic E-state index is 10.9. The Morgan fingerprint density at radius 2 is 2.00 bits per heavy atom. The Morgan fingerprint density at radius 3 is 2.48 bits per heavy atom. The van der Waals surface area contributed by atoms with Crippen molar-refractivity contribution in [3.63, 3.8) is 0 Å². The third-order valence-electron chi connectivity index (χ3n) is 3.11. The SMILES string of the molecule is COc1c(Cl)cc(C(C)(C)C)cc1-c1cc(C(=O)O)no1. The topological polar surface area (TPSA) is 72.6 Å². The summed E-state index contributed by atoms with van der Waals surface area (Å²) in [5.74, 6) is -0.419. The Kier molecular flexibility index (Phi) is 3.96. The van der Waals surface area contributed by atoms with Crippen molar-refractivity contribution >= 4 is 17.6 Å². The molecular weight excluding hydrogens is 294 g/mol. The lowest BCUT2D eigenvalue weighted by Gasteiger charge is -2.21. The van der Waals surface area contributed by atoms with Crippen LogP contribution < -0.4 is 4.74 Å². The second kappa shape index (κ2) is 5.41. The van der Waals surface area contributed by atoms with Gasteiger partial charge in [0, 0.05) is 6.07 Å². The van der Waals surface area contributed by atoms with Gasteiger partial charge in [-0.3, -0.25) is 0 Å². The lowest BCUT2D eigenvalue weighted by atomic mass is 9.85. The van der Waals surface area contributed by atoms with Crippen LogP contribution in [0.1, 0.15) is 36.8 Å². The summed E-state index contributed by atoms with van der Waals surface area (Å²) in [7, 11) is 1.50. The molecule has 1 aromatic carbocycles. The molecule has 0 aliphatic heterocycles. The van der Waals surface area contributed by atoms with Crippen molar-refractivity contribution in [2.24, 2.45) is 0 Å². The van der Waals surface area contributed by atoms with Crippen LogP contribution in [0.3, 0.4) is 0 Å². The Bertz CT molecular complexity index is 685. The van der Waals surface area contributed by atoms with E-state index in [0.29, 0.717) is 22.1 Å². The maximum Gasteiger partial charge on any atom is 0.358 e. The first kappa shape index (κ1) is 15.4. The first-order chi connectivity index (χ1) is 9.74. The molecule has 21 heavy (non-hydrogen) atoms. The molecule has 0 radical (unpaired) electrons. The fourth-order valence-electron chi connectivity index (χ4n) is 1.92. The third kappa shape index (κ3) is 3.03. The van der Waals surface area contributed by atoms with Crippen molar-refractivity contribution in [1.82, 2.24) is 5.16 Å². The second-order valence-electron chi connectivity index (χ2n) is 5.67. The third-order valence-corrected chi connectivity index (χ3v) is 3.39. The Balaban J connectivity index is 2.64. The van der Waals surface area contributed by atoms with Crippen LogP contribution in [-0.4, -0.2) is 23.3 Å². The molecule has 1 N–H and O–H groups in total. The maximum absolute atomic E-state index is 10.9. The number of carboxylic acid groups (broad SMARTS) is 1. The molecule has 0 spiro atoms. The number of aromatic nitrogens is 1. The van der Waals surface area contributed by atoms with Crippen LogP contribution in [0.15, 0.2) is 22.7 Å². The molecule has 1 aromatic heterocycles. The first-order valence-electron chi connectivity index (χ1n) is 6.32. The zero-order chi connectivity index (χ0) is 15.8. The molecular formula is C15H16ClNO4. The van der Waals surface area contributed by atoms with Gasteiger partial charge in [-0.05, 0) is 23.1 Å². The van der Waals surface area contributed by atoms with Crippen molar-refractivity contribution in [1.29, 1.82) is 0 Å². The molecule has 0 aliphatic rings. The molecule has 0 amide bonds. The molecule has 5 nitrogen and oxygen atoms in total. The molecule has 112 valence electrons. The van der Waals surface area contributed by atoms with Gasteiger partial charge in [0.25, 0.3) is 0 Å². The number of nitrogens with zero attached hydrogens (tertiary/aromatic N) is 1. The summed E-state index contributed by atoms with van der Waals surface area (Å²) < 4.78 is 10.4. The number of carboxylic acids is 1. The van der Waals surface area contributed by atoms with Crippen LogP contribution in [0.5, 0.6) is 5.75 Å². The van der Waals surface area contributed by atoms with Gasteiger partial charge in [-0.15, -0.1) is 0 Å². The van der Waals surface area contributed by atoms with Gasteiger partial charge >= 0.3 is 5.97 Å². The Morgan fingerprint density at radius 1 is 1.33 bits per heavy atom. The molecule has 1 heterocycles. The summed E-state index contributed by atoms with van der Waals surface area (Å²) in [6, 6.07) is 5.05.